The van der Waals surface area contributed by atoms with E-state index in [0.717, 1.165) is 27.8 Å². The molecule has 1 aliphatic carbocycles. The van der Waals surface area contributed by atoms with Gasteiger partial charge in [0.1, 0.15) is 36.6 Å². The van der Waals surface area contributed by atoms with Crippen molar-refractivity contribution in [2.24, 2.45) is 0 Å². The highest BCUT2D eigenvalue weighted by atomic mass is 16.6. The van der Waals surface area contributed by atoms with Gasteiger partial charge in [-0.25, -0.2) is 0 Å². The van der Waals surface area contributed by atoms with Crippen molar-refractivity contribution in [2.45, 2.75) is 69.7 Å². The predicted molar refractivity (Wildman–Crippen MR) is 195 cm³/mol. The number of hydrogen-bond acceptors (Lipinski definition) is 6. The SMILES string of the molecule is C=CCOC1[C@@H](OCc2ccccc2)[C@H](OCc2ccccc2)C(OCc2ccccc2)[C@H](OCc2ccccc2)[C@@H]1OCc1ccccc1. The summed E-state index contributed by atoms with van der Waals surface area (Å²) in [6, 6.07) is 50.7. The average molecular weight is 671 g/mol. The van der Waals surface area contributed by atoms with Gasteiger partial charge in [0.2, 0.25) is 0 Å². The molecule has 0 aromatic heterocycles. The Kier molecular flexibility index (Phi) is 13.5. The Bertz CT molecular complexity index is 1550. The zero-order valence-corrected chi connectivity index (χ0v) is 28.4. The summed E-state index contributed by atoms with van der Waals surface area (Å²) in [4.78, 5) is 0. The molecule has 5 aromatic carbocycles. The number of benzene rings is 5. The van der Waals surface area contributed by atoms with Crippen LogP contribution in [-0.2, 0) is 61.5 Å². The van der Waals surface area contributed by atoms with Crippen molar-refractivity contribution in [1.82, 2.24) is 0 Å². The van der Waals surface area contributed by atoms with Crippen molar-refractivity contribution in [3.05, 3.63) is 192 Å². The molecule has 1 fully saturated rings. The third kappa shape index (κ3) is 10.1. The van der Waals surface area contributed by atoms with Crippen molar-refractivity contribution in [3.63, 3.8) is 0 Å². The molecular formula is C44H46O6. The van der Waals surface area contributed by atoms with Gasteiger partial charge in [-0.1, -0.05) is 158 Å². The van der Waals surface area contributed by atoms with Gasteiger partial charge in [-0.3, -0.25) is 0 Å². The van der Waals surface area contributed by atoms with Crippen LogP contribution in [-0.4, -0.2) is 43.2 Å². The normalized spacial score (nSPS) is 21.8. The van der Waals surface area contributed by atoms with Crippen LogP contribution < -0.4 is 0 Å². The summed E-state index contributed by atoms with van der Waals surface area (Å²) >= 11 is 0. The minimum absolute atomic E-state index is 0.299. The zero-order chi connectivity index (χ0) is 34.2. The van der Waals surface area contributed by atoms with Crippen LogP contribution in [0.2, 0.25) is 0 Å². The molecule has 6 atom stereocenters. The standard InChI is InChI=1S/C44H46O6/c1-2-28-45-39-40(46-29-34-18-8-3-9-19-34)42(48-31-36-22-12-5-13-23-36)44(50-33-38-26-16-7-17-27-38)43(49-32-37-24-14-6-15-25-37)41(39)47-30-35-20-10-4-11-21-35/h2-27,39-44H,1,28-33H2/t39?,40-,41-,42-,43+,44?/m1/s1. The largest absolute Gasteiger partial charge is 0.369 e. The summed E-state index contributed by atoms with van der Waals surface area (Å²) in [6.07, 6.45) is -1.69. The van der Waals surface area contributed by atoms with E-state index in [1.54, 1.807) is 6.08 Å². The van der Waals surface area contributed by atoms with Gasteiger partial charge in [0.25, 0.3) is 0 Å². The third-order valence-corrected chi connectivity index (χ3v) is 8.78. The molecule has 0 spiro atoms. The highest BCUT2D eigenvalue weighted by molar-refractivity contribution is 5.18. The van der Waals surface area contributed by atoms with Gasteiger partial charge in [-0.05, 0) is 27.8 Å². The molecule has 50 heavy (non-hydrogen) atoms. The molecule has 6 nitrogen and oxygen atoms in total. The van der Waals surface area contributed by atoms with E-state index in [4.69, 9.17) is 28.4 Å². The van der Waals surface area contributed by atoms with E-state index in [-0.39, 0.29) is 0 Å². The second kappa shape index (κ2) is 19.1. The minimum Gasteiger partial charge on any atom is -0.369 e. The molecular weight excluding hydrogens is 624 g/mol. The van der Waals surface area contributed by atoms with Crippen LogP contribution in [0.4, 0.5) is 0 Å². The quantitative estimate of drug-likeness (QED) is 0.0872. The zero-order valence-electron chi connectivity index (χ0n) is 28.4. The first kappa shape index (κ1) is 35.4. The van der Waals surface area contributed by atoms with Crippen molar-refractivity contribution in [2.75, 3.05) is 6.61 Å². The maximum Gasteiger partial charge on any atom is 0.116 e. The second-order valence-electron chi connectivity index (χ2n) is 12.4. The maximum atomic E-state index is 6.90. The molecule has 0 saturated heterocycles. The van der Waals surface area contributed by atoms with E-state index in [2.05, 4.69) is 67.2 Å². The number of rotatable bonds is 18. The summed E-state index contributed by atoms with van der Waals surface area (Å²) in [7, 11) is 0. The lowest BCUT2D eigenvalue weighted by Gasteiger charge is -2.49. The second-order valence-corrected chi connectivity index (χ2v) is 12.4. The summed E-state index contributed by atoms with van der Waals surface area (Å²) in [5.41, 5.74) is 5.22. The average Bonchev–Trinajstić information content (AvgIpc) is 3.18. The summed E-state index contributed by atoms with van der Waals surface area (Å²) in [6.45, 7) is 6.05. The van der Waals surface area contributed by atoms with Crippen molar-refractivity contribution in [1.29, 1.82) is 0 Å². The van der Waals surface area contributed by atoms with Gasteiger partial charge in [-0.15, -0.1) is 6.58 Å². The summed E-state index contributed by atoms with van der Waals surface area (Å²) in [5, 5.41) is 0. The fourth-order valence-corrected chi connectivity index (χ4v) is 6.27. The van der Waals surface area contributed by atoms with Gasteiger partial charge >= 0.3 is 0 Å². The first-order valence-electron chi connectivity index (χ1n) is 17.3. The Balaban J connectivity index is 1.40. The van der Waals surface area contributed by atoms with Gasteiger partial charge < -0.3 is 28.4 Å². The Morgan fingerprint density at radius 3 is 0.720 bits per heavy atom. The fraction of sp³-hybridized carbons (Fsp3) is 0.273. The molecule has 258 valence electrons. The molecule has 0 amide bonds. The molecule has 0 bridgehead atoms. The molecule has 5 aromatic rings. The number of ether oxygens (including phenoxy) is 6. The fourth-order valence-electron chi connectivity index (χ4n) is 6.27. The Morgan fingerprint density at radius 1 is 0.320 bits per heavy atom. The minimum atomic E-state index is -0.576. The molecule has 0 radical (unpaired) electrons. The van der Waals surface area contributed by atoms with Crippen molar-refractivity contribution in [3.8, 4) is 0 Å². The van der Waals surface area contributed by atoms with E-state index in [0.29, 0.717) is 39.6 Å². The van der Waals surface area contributed by atoms with E-state index in [1.165, 1.54) is 0 Å². The molecule has 0 heterocycles. The van der Waals surface area contributed by atoms with Crippen LogP contribution in [0.5, 0.6) is 0 Å². The summed E-state index contributed by atoms with van der Waals surface area (Å²) < 4.78 is 41.0. The van der Waals surface area contributed by atoms with Crippen LogP contribution >= 0.6 is 0 Å². The lowest BCUT2D eigenvalue weighted by atomic mass is 9.83. The van der Waals surface area contributed by atoms with E-state index in [1.807, 2.05) is 91.0 Å². The van der Waals surface area contributed by atoms with E-state index in [9.17, 15) is 0 Å². The first-order chi connectivity index (χ1) is 24.8. The lowest BCUT2D eigenvalue weighted by molar-refractivity contribution is -0.289. The topological polar surface area (TPSA) is 55.4 Å². The first-order valence-corrected chi connectivity index (χ1v) is 17.3. The van der Waals surface area contributed by atoms with Gasteiger partial charge in [0.05, 0.1) is 39.6 Å². The highest BCUT2D eigenvalue weighted by Crippen LogP contribution is 2.36. The molecule has 2 unspecified atom stereocenters. The molecule has 0 N–H and O–H groups in total. The van der Waals surface area contributed by atoms with Crippen LogP contribution in [0.1, 0.15) is 27.8 Å². The van der Waals surface area contributed by atoms with Crippen molar-refractivity contribution < 1.29 is 28.4 Å². The van der Waals surface area contributed by atoms with Gasteiger partial charge in [-0.2, -0.15) is 0 Å². The molecule has 1 aliphatic rings. The number of hydrogen-bond donors (Lipinski definition) is 0. The Labute approximate surface area is 296 Å². The molecule has 0 aliphatic heterocycles. The van der Waals surface area contributed by atoms with Gasteiger partial charge in [0.15, 0.2) is 0 Å². The predicted octanol–water partition coefficient (Wildman–Crippen LogP) is 8.50. The highest BCUT2D eigenvalue weighted by Gasteiger charge is 2.55. The van der Waals surface area contributed by atoms with Crippen LogP contribution in [0.15, 0.2) is 164 Å². The Morgan fingerprint density at radius 2 is 0.520 bits per heavy atom. The third-order valence-electron chi connectivity index (χ3n) is 8.78. The maximum absolute atomic E-state index is 6.90. The van der Waals surface area contributed by atoms with Crippen LogP contribution in [0.25, 0.3) is 0 Å². The van der Waals surface area contributed by atoms with Gasteiger partial charge in [0, 0.05) is 0 Å². The van der Waals surface area contributed by atoms with E-state index < -0.39 is 36.6 Å². The monoisotopic (exact) mass is 670 g/mol. The molecule has 6 heteroatoms. The Hall–Kier alpha value is -4.40. The smallest absolute Gasteiger partial charge is 0.116 e. The van der Waals surface area contributed by atoms with E-state index >= 15 is 0 Å². The summed E-state index contributed by atoms with van der Waals surface area (Å²) in [5.74, 6) is 0. The molecule has 1 saturated carbocycles. The van der Waals surface area contributed by atoms with Crippen molar-refractivity contribution >= 4 is 0 Å². The lowest BCUT2D eigenvalue weighted by Crippen LogP contribution is -2.67. The molecule has 6 rings (SSSR count). The van der Waals surface area contributed by atoms with Crippen LogP contribution in [0.3, 0.4) is 0 Å². The van der Waals surface area contributed by atoms with Crippen LogP contribution in [0, 0.1) is 0 Å².